The number of benzene rings is 1. The lowest BCUT2D eigenvalue weighted by Crippen LogP contribution is -2.50. The SMILES string of the molecule is CCN(C(=O)OC(C)(C)C)[C@@H](COc1cccc(F)c1)C(=O)O. The minimum atomic E-state index is -1.24. The summed E-state index contributed by atoms with van der Waals surface area (Å²) < 4.78 is 23.6. The Kier molecular flexibility index (Phi) is 6.36. The third kappa shape index (κ3) is 6.14. The highest BCUT2D eigenvalue weighted by atomic mass is 19.1. The Morgan fingerprint density at radius 3 is 2.48 bits per heavy atom. The number of hydrogen-bond acceptors (Lipinski definition) is 4. The average Bonchev–Trinajstić information content (AvgIpc) is 2.40. The third-order valence-electron chi connectivity index (χ3n) is 2.83. The second-order valence-electron chi connectivity index (χ2n) is 5.89. The Morgan fingerprint density at radius 1 is 1.35 bits per heavy atom. The number of carbonyl (C=O) groups excluding carboxylic acids is 1. The molecule has 128 valence electrons. The van der Waals surface area contributed by atoms with Crippen LogP contribution in [0.1, 0.15) is 27.7 Å². The van der Waals surface area contributed by atoms with Crippen LogP contribution in [-0.2, 0) is 9.53 Å². The van der Waals surface area contributed by atoms with E-state index in [1.54, 1.807) is 27.7 Å². The molecule has 23 heavy (non-hydrogen) atoms. The first-order chi connectivity index (χ1) is 10.6. The highest BCUT2D eigenvalue weighted by molar-refractivity contribution is 5.80. The highest BCUT2D eigenvalue weighted by Gasteiger charge is 2.32. The van der Waals surface area contributed by atoms with Crippen LogP contribution in [0.3, 0.4) is 0 Å². The van der Waals surface area contributed by atoms with Gasteiger partial charge in [-0.2, -0.15) is 0 Å². The van der Waals surface area contributed by atoms with Crippen molar-refractivity contribution in [2.75, 3.05) is 13.2 Å². The molecule has 0 bridgehead atoms. The van der Waals surface area contributed by atoms with Gasteiger partial charge < -0.3 is 14.6 Å². The fourth-order valence-corrected chi connectivity index (χ4v) is 1.82. The second-order valence-corrected chi connectivity index (χ2v) is 5.89. The first kappa shape index (κ1) is 18.7. The summed E-state index contributed by atoms with van der Waals surface area (Å²) in [5, 5.41) is 9.35. The fraction of sp³-hybridized carbons (Fsp3) is 0.500. The monoisotopic (exact) mass is 327 g/mol. The Bertz CT molecular complexity index is 556. The van der Waals surface area contributed by atoms with E-state index in [1.807, 2.05) is 0 Å². The van der Waals surface area contributed by atoms with Crippen LogP contribution in [0.25, 0.3) is 0 Å². The molecule has 1 aromatic rings. The zero-order valence-electron chi connectivity index (χ0n) is 13.7. The molecule has 0 aromatic heterocycles. The number of aliphatic carboxylic acids is 1. The summed E-state index contributed by atoms with van der Waals surface area (Å²) in [6, 6.07) is 4.11. The lowest BCUT2D eigenvalue weighted by atomic mass is 10.2. The summed E-state index contributed by atoms with van der Waals surface area (Å²) in [5.74, 6) is -1.53. The van der Waals surface area contributed by atoms with E-state index in [0.29, 0.717) is 0 Å². The molecule has 0 unspecified atom stereocenters. The number of hydrogen-bond donors (Lipinski definition) is 1. The van der Waals surface area contributed by atoms with Gasteiger partial charge in [0.15, 0.2) is 6.04 Å². The van der Waals surface area contributed by atoms with Gasteiger partial charge in [0, 0.05) is 12.6 Å². The standard InChI is InChI=1S/C16H22FNO5/c1-5-18(15(21)23-16(2,3)4)13(14(19)20)10-22-12-8-6-7-11(17)9-12/h6-9,13H,5,10H2,1-4H3,(H,19,20)/t13-/m0/s1. The van der Waals surface area contributed by atoms with Gasteiger partial charge in [-0.15, -0.1) is 0 Å². The van der Waals surface area contributed by atoms with E-state index in [2.05, 4.69) is 0 Å². The molecule has 1 aromatic carbocycles. The average molecular weight is 327 g/mol. The van der Waals surface area contributed by atoms with Gasteiger partial charge >= 0.3 is 12.1 Å². The molecule has 0 saturated heterocycles. The number of carbonyl (C=O) groups is 2. The van der Waals surface area contributed by atoms with Gasteiger partial charge in [-0.25, -0.2) is 14.0 Å². The molecule has 0 radical (unpaired) electrons. The quantitative estimate of drug-likeness (QED) is 0.869. The zero-order chi connectivity index (χ0) is 17.6. The molecule has 6 nitrogen and oxygen atoms in total. The molecule has 0 aliphatic carbocycles. The molecular weight excluding hydrogens is 305 g/mol. The lowest BCUT2D eigenvalue weighted by Gasteiger charge is -2.30. The van der Waals surface area contributed by atoms with Crippen LogP contribution >= 0.6 is 0 Å². The van der Waals surface area contributed by atoms with E-state index in [0.717, 1.165) is 11.0 Å². The molecule has 7 heteroatoms. The van der Waals surface area contributed by atoms with Gasteiger partial charge in [0.2, 0.25) is 0 Å². The molecule has 1 N–H and O–H groups in total. The van der Waals surface area contributed by atoms with Crippen molar-refractivity contribution in [3.8, 4) is 5.75 Å². The summed E-state index contributed by atoms with van der Waals surface area (Å²) in [4.78, 5) is 24.6. The molecule has 0 aliphatic rings. The predicted octanol–water partition coefficient (Wildman–Crippen LogP) is 2.91. The zero-order valence-corrected chi connectivity index (χ0v) is 13.7. The highest BCUT2D eigenvalue weighted by Crippen LogP contribution is 2.15. The Hall–Kier alpha value is -2.31. The number of rotatable bonds is 6. The van der Waals surface area contributed by atoms with E-state index >= 15 is 0 Å². The van der Waals surface area contributed by atoms with Gasteiger partial charge in [0.1, 0.15) is 23.8 Å². The maximum atomic E-state index is 13.1. The molecular formula is C16H22FNO5. The first-order valence-corrected chi connectivity index (χ1v) is 7.25. The summed E-state index contributed by atoms with van der Waals surface area (Å²) in [5.41, 5.74) is -0.739. The summed E-state index contributed by atoms with van der Waals surface area (Å²) in [7, 11) is 0. The molecule has 1 rings (SSSR count). The van der Waals surface area contributed by atoms with Gasteiger partial charge in [-0.05, 0) is 39.8 Å². The van der Waals surface area contributed by atoms with E-state index in [-0.39, 0.29) is 18.9 Å². The normalized spacial score (nSPS) is 12.4. The van der Waals surface area contributed by atoms with Crippen LogP contribution in [0.5, 0.6) is 5.75 Å². The molecule has 1 atom stereocenters. The second kappa shape index (κ2) is 7.80. The predicted molar refractivity (Wildman–Crippen MR) is 81.9 cm³/mol. The first-order valence-electron chi connectivity index (χ1n) is 7.25. The van der Waals surface area contributed by atoms with Crippen molar-refractivity contribution >= 4 is 12.1 Å². The number of carboxylic acids is 1. The Balaban J connectivity index is 2.82. The summed E-state index contributed by atoms with van der Waals surface area (Å²) in [6.07, 6.45) is -0.741. The Morgan fingerprint density at radius 2 is 2.00 bits per heavy atom. The maximum Gasteiger partial charge on any atom is 0.411 e. The smallest absolute Gasteiger partial charge is 0.411 e. The summed E-state index contributed by atoms with van der Waals surface area (Å²) in [6.45, 7) is 6.54. The lowest BCUT2D eigenvalue weighted by molar-refractivity contribution is -0.144. The van der Waals surface area contributed by atoms with E-state index in [4.69, 9.17) is 9.47 Å². The number of nitrogens with zero attached hydrogens (tertiary/aromatic N) is 1. The number of ether oxygens (including phenoxy) is 2. The van der Waals surface area contributed by atoms with Gasteiger partial charge in [0.25, 0.3) is 0 Å². The fourth-order valence-electron chi connectivity index (χ4n) is 1.82. The van der Waals surface area contributed by atoms with Crippen molar-refractivity contribution in [1.29, 1.82) is 0 Å². The maximum absolute atomic E-state index is 13.1. The van der Waals surface area contributed by atoms with Crippen LogP contribution in [-0.4, -0.2) is 46.9 Å². The van der Waals surface area contributed by atoms with Crippen molar-refractivity contribution in [3.63, 3.8) is 0 Å². The van der Waals surface area contributed by atoms with E-state index < -0.39 is 29.5 Å². The van der Waals surface area contributed by atoms with Crippen LogP contribution < -0.4 is 4.74 Å². The number of halogens is 1. The van der Waals surface area contributed by atoms with Crippen molar-refractivity contribution in [2.24, 2.45) is 0 Å². The van der Waals surface area contributed by atoms with Gasteiger partial charge in [-0.1, -0.05) is 6.07 Å². The molecule has 0 aliphatic heterocycles. The molecule has 0 heterocycles. The third-order valence-corrected chi connectivity index (χ3v) is 2.83. The van der Waals surface area contributed by atoms with Crippen molar-refractivity contribution in [1.82, 2.24) is 4.90 Å². The Labute approximate surface area is 134 Å². The number of carboxylic acid groups (broad SMARTS) is 1. The topological polar surface area (TPSA) is 76.1 Å². The van der Waals surface area contributed by atoms with Crippen LogP contribution in [0, 0.1) is 5.82 Å². The minimum Gasteiger partial charge on any atom is -0.491 e. The van der Waals surface area contributed by atoms with E-state index in [1.165, 1.54) is 18.2 Å². The van der Waals surface area contributed by atoms with Crippen molar-refractivity contribution < 1.29 is 28.6 Å². The van der Waals surface area contributed by atoms with Crippen LogP contribution in [0.2, 0.25) is 0 Å². The minimum absolute atomic E-state index is 0.137. The molecule has 0 saturated carbocycles. The largest absolute Gasteiger partial charge is 0.491 e. The number of amides is 1. The van der Waals surface area contributed by atoms with Gasteiger partial charge in [0.05, 0.1) is 0 Å². The van der Waals surface area contributed by atoms with Crippen molar-refractivity contribution in [3.05, 3.63) is 30.1 Å². The van der Waals surface area contributed by atoms with Crippen LogP contribution in [0.4, 0.5) is 9.18 Å². The van der Waals surface area contributed by atoms with Gasteiger partial charge in [-0.3, -0.25) is 4.90 Å². The van der Waals surface area contributed by atoms with Crippen molar-refractivity contribution in [2.45, 2.75) is 39.3 Å². The molecule has 0 spiro atoms. The molecule has 0 fully saturated rings. The van der Waals surface area contributed by atoms with Crippen LogP contribution in [0.15, 0.2) is 24.3 Å². The number of likely N-dealkylation sites (N-methyl/N-ethyl adjacent to an activating group) is 1. The summed E-state index contributed by atoms with van der Waals surface area (Å²) >= 11 is 0. The molecule has 1 amide bonds. The van der Waals surface area contributed by atoms with E-state index in [9.17, 15) is 19.1 Å².